The first kappa shape index (κ1) is 9.66. The van der Waals surface area contributed by atoms with Crippen LogP contribution in [0.5, 0.6) is 0 Å². The summed E-state index contributed by atoms with van der Waals surface area (Å²) >= 11 is 0. The maximum atomic E-state index is 9.86. The molecule has 1 aliphatic rings. The number of nitrogens with zero attached hydrogens (tertiary/aromatic N) is 1. The summed E-state index contributed by atoms with van der Waals surface area (Å²) < 4.78 is 0. The smallest absolute Gasteiger partial charge is 0.0609 e. The molecule has 1 aliphatic carbocycles. The van der Waals surface area contributed by atoms with E-state index in [2.05, 4.69) is 11.1 Å². The molecule has 76 valence electrons. The van der Waals surface area contributed by atoms with Gasteiger partial charge >= 0.3 is 0 Å². The van der Waals surface area contributed by atoms with Gasteiger partial charge in [0.15, 0.2) is 0 Å². The molecule has 0 spiro atoms. The summed E-state index contributed by atoms with van der Waals surface area (Å²) in [6, 6.07) is 4.12. The van der Waals surface area contributed by atoms with Crippen molar-refractivity contribution in [2.24, 2.45) is 0 Å². The van der Waals surface area contributed by atoms with Gasteiger partial charge in [0, 0.05) is 17.8 Å². The average Bonchev–Trinajstić information content (AvgIpc) is 2.20. The molecule has 1 N–H and O–H groups in total. The standard InChI is InChI=1S/C12H17NO/c1-9-6-7-10(8-13-9)11-4-2-3-5-12(11)14/h6-8,11-12,14H,2-5H2,1H3/t11-,12-/m1/s1. The molecule has 0 aliphatic heterocycles. The van der Waals surface area contributed by atoms with Crippen LogP contribution >= 0.6 is 0 Å². The van der Waals surface area contributed by atoms with Gasteiger partial charge in [-0.05, 0) is 31.4 Å². The van der Waals surface area contributed by atoms with Gasteiger partial charge < -0.3 is 5.11 Å². The van der Waals surface area contributed by atoms with Gasteiger partial charge in [-0.1, -0.05) is 18.9 Å². The van der Waals surface area contributed by atoms with Crippen molar-refractivity contribution in [3.8, 4) is 0 Å². The minimum absolute atomic E-state index is 0.159. The molecule has 1 aromatic heterocycles. The van der Waals surface area contributed by atoms with Crippen LogP contribution in [0.2, 0.25) is 0 Å². The predicted molar refractivity (Wildman–Crippen MR) is 56.2 cm³/mol. The predicted octanol–water partition coefficient (Wildman–Crippen LogP) is 2.41. The van der Waals surface area contributed by atoms with Crippen molar-refractivity contribution in [3.05, 3.63) is 29.6 Å². The maximum absolute atomic E-state index is 9.86. The second-order valence-electron chi connectivity index (χ2n) is 4.19. The lowest BCUT2D eigenvalue weighted by atomic mass is 9.82. The van der Waals surface area contributed by atoms with E-state index in [9.17, 15) is 5.11 Å². The van der Waals surface area contributed by atoms with Gasteiger partial charge in [-0.2, -0.15) is 0 Å². The highest BCUT2D eigenvalue weighted by molar-refractivity contribution is 5.19. The fourth-order valence-corrected chi connectivity index (χ4v) is 2.20. The Kier molecular flexibility index (Phi) is 2.82. The summed E-state index contributed by atoms with van der Waals surface area (Å²) in [7, 11) is 0. The van der Waals surface area contributed by atoms with Crippen molar-refractivity contribution in [2.75, 3.05) is 0 Å². The van der Waals surface area contributed by atoms with Crippen molar-refractivity contribution < 1.29 is 5.11 Å². The van der Waals surface area contributed by atoms with E-state index < -0.39 is 0 Å². The van der Waals surface area contributed by atoms with Crippen LogP contribution in [0.25, 0.3) is 0 Å². The third-order valence-electron chi connectivity index (χ3n) is 3.09. The molecule has 2 heteroatoms. The number of pyridine rings is 1. The Morgan fingerprint density at radius 2 is 2.07 bits per heavy atom. The van der Waals surface area contributed by atoms with Gasteiger partial charge in [0.1, 0.15) is 0 Å². The zero-order chi connectivity index (χ0) is 9.97. The van der Waals surface area contributed by atoms with E-state index in [0.717, 1.165) is 25.0 Å². The summed E-state index contributed by atoms with van der Waals surface area (Å²) in [5, 5.41) is 9.86. The summed E-state index contributed by atoms with van der Waals surface area (Å²) in [5.41, 5.74) is 2.24. The largest absolute Gasteiger partial charge is 0.392 e. The minimum atomic E-state index is -0.159. The van der Waals surface area contributed by atoms with E-state index in [1.54, 1.807) is 0 Å². The molecule has 1 aromatic rings. The van der Waals surface area contributed by atoms with Crippen molar-refractivity contribution >= 4 is 0 Å². The van der Waals surface area contributed by atoms with Crippen LogP contribution in [0.4, 0.5) is 0 Å². The number of hydrogen-bond acceptors (Lipinski definition) is 2. The topological polar surface area (TPSA) is 33.1 Å². The first-order valence-electron chi connectivity index (χ1n) is 5.38. The summed E-state index contributed by atoms with van der Waals surface area (Å²) in [4.78, 5) is 4.28. The molecule has 0 amide bonds. The van der Waals surface area contributed by atoms with E-state index in [-0.39, 0.29) is 6.10 Å². The number of aryl methyl sites for hydroxylation is 1. The number of aliphatic hydroxyl groups excluding tert-OH is 1. The second-order valence-corrected chi connectivity index (χ2v) is 4.19. The molecule has 14 heavy (non-hydrogen) atoms. The molecule has 1 heterocycles. The molecule has 0 radical (unpaired) electrons. The summed E-state index contributed by atoms with van der Waals surface area (Å²) in [5.74, 6) is 0.317. The molecular formula is C12H17NO. The molecule has 2 atom stereocenters. The van der Waals surface area contributed by atoms with Crippen molar-refractivity contribution in [3.63, 3.8) is 0 Å². The van der Waals surface area contributed by atoms with Crippen LogP contribution in [0.1, 0.15) is 42.9 Å². The number of rotatable bonds is 1. The van der Waals surface area contributed by atoms with Gasteiger partial charge in [-0.3, -0.25) is 4.98 Å². The van der Waals surface area contributed by atoms with Crippen LogP contribution in [-0.2, 0) is 0 Å². The molecule has 2 nitrogen and oxygen atoms in total. The highest BCUT2D eigenvalue weighted by atomic mass is 16.3. The lowest BCUT2D eigenvalue weighted by Crippen LogP contribution is -2.22. The Morgan fingerprint density at radius 1 is 1.29 bits per heavy atom. The third-order valence-corrected chi connectivity index (χ3v) is 3.09. The molecule has 0 bridgehead atoms. The second kappa shape index (κ2) is 4.09. The SMILES string of the molecule is Cc1ccc([C@H]2CCCC[C@H]2O)cn1. The Morgan fingerprint density at radius 3 is 2.71 bits per heavy atom. The molecule has 0 saturated heterocycles. The maximum Gasteiger partial charge on any atom is 0.0609 e. The zero-order valence-corrected chi connectivity index (χ0v) is 8.61. The summed E-state index contributed by atoms with van der Waals surface area (Å²) in [6.07, 6.45) is 6.19. The monoisotopic (exact) mass is 191 g/mol. The van der Waals surface area contributed by atoms with E-state index in [1.807, 2.05) is 19.2 Å². The van der Waals surface area contributed by atoms with Crippen LogP contribution in [0.15, 0.2) is 18.3 Å². The number of hydrogen-bond donors (Lipinski definition) is 1. The lowest BCUT2D eigenvalue weighted by molar-refractivity contribution is 0.106. The van der Waals surface area contributed by atoms with Gasteiger partial charge in [-0.15, -0.1) is 0 Å². The average molecular weight is 191 g/mol. The van der Waals surface area contributed by atoms with E-state index >= 15 is 0 Å². The fourth-order valence-electron chi connectivity index (χ4n) is 2.20. The number of aliphatic hydroxyl groups is 1. The van der Waals surface area contributed by atoms with E-state index in [4.69, 9.17) is 0 Å². The van der Waals surface area contributed by atoms with Gasteiger partial charge in [0.2, 0.25) is 0 Å². The van der Waals surface area contributed by atoms with Crippen LogP contribution in [-0.4, -0.2) is 16.2 Å². The van der Waals surface area contributed by atoms with Crippen molar-refractivity contribution in [1.82, 2.24) is 4.98 Å². The normalized spacial score (nSPS) is 27.6. The molecular weight excluding hydrogens is 174 g/mol. The highest BCUT2D eigenvalue weighted by Crippen LogP contribution is 2.32. The Bertz CT molecular complexity index is 294. The number of aromatic nitrogens is 1. The van der Waals surface area contributed by atoms with Gasteiger partial charge in [-0.25, -0.2) is 0 Å². The summed E-state index contributed by atoms with van der Waals surface area (Å²) in [6.45, 7) is 1.99. The highest BCUT2D eigenvalue weighted by Gasteiger charge is 2.24. The Labute approximate surface area is 85.0 Å². The zero-order valence-electron chi connectivity index (χ0n) is 8.61. The Balaban J connectivity index is 2.16. The Hall–Kier alpha value is -0.890. The minimum Gasteiger partial charge on any atom is -0.392 e. The molecule has 2 rings (SSSR count). The molecule has 0 unspecified atom stereocenters. The van der Waals surface area contributed by atoms with Gasteiger partial charge in [0.25, 0.3) is 0 Å². The van der Waals surface area contributed by atoms with Crippen molar-refractivity contribution in [2.45, 2.75) is 44.6 Å². The molecule has 1 saturated carbocycles. The van der Waals surface area contributed by atoms with Crippen LogP contribution < -0.4 is 0 Å². The molecule has 1 fully saturated rings. The molecule has 0 aromatic carbocycles. The quantitative estimate of drug-likeness (QED) is 0.739. The van der Waals surface area contributed by atoms with E-state index in [0.29, 0.717) is 5.92 Å². The van der Waals surface area contributed by atoms with Gasteiger partial charge in [0.05, 0.1) is 6.10 Å². The van der Waals surface area contributed by atoms with E-state index in [1.165, 1.54) is 12.0 Å². The van der Waals surface area contributed by atoms with Crippen molar-refractivity contribution in [1.29, 1.82) is 0 Å². The first-order valence-corrected chi connectivity index (χ1v) is 5.38. The first-order chi connectivity index (χ1) is 6.77. The third kappa shape index (κ3) is 1.95. The lowest BCUT2D eigenvalue weighted by Gasteiger charge is -2.27. The fraction of sp³-hybridized carbons (Fsp3) is 0.583. The van der Waals surface area contributed by atoms with Crippen LogP contribution in [0.3, 0.4) is 0 Å². The van der Waals surface area contributed by atoms with Crippen LogP contribution in [0, 0.1) is 6.92 Å².